The Bertz CT molecular complexity index is 1400. The summed E-state index contributed by atoms with van der Waals surface area (Å²) >= 11 is 6.53. The molecule has 0 unspecified atom stereocenters. The number of aromatic amines is 1. The van der Waals surface area contributed by atoms with Crippen molar-refractivity contribution in [2.45, 2.75) is 39.4 Å². The van der Waals surface area contributed by atoms with Crippen LogP contribution in [0.15, 0.2) is 47.5 Å². The molecule has 0 aliphatic carbocycles. The first-order valence-electron chi connectivity index (χ1n) is 9.82. The molecule has 32 heavy (non-hydrogen) atoms. The monoisotopic (exact) mass is 460 g/mol. The number of aromatic nitrogens is 4. The average Bonchev–Trinajstić information content (AvgIpc) is 3.18. The highest BCUT2D eigenvalue weighted by Crippen LogP contribution is 2.35. The highest BCUT2D eigenvalue weighted by molar-refractivity contribution is 6.31. The van der Waals surface area contributed by atoms with Crippen molar-refractivity contribution in [2.24, 2.45) is 0 Å². The molecule has 0 atom stereocenters. The van der Waals surface area contributed by atoms with Crippen molar-refractivity contribution in [2.75, 3.05) is 0 Å². The fraction of sp³-hybridized carbons (Fsp3) is 0.261. The molecule has 3 aromatic heterocycles. The lowest BCUT2D eigenvalue weighted by atomic mass is 9.85. The molecule has 0 fully saturated rings. The van der Waals surface area contributed by atoms with Gasteiger partial charge in [-0.15, -0.1) is 13.2 Å². The molecule has 0 aliphatic heterocycles. The Hall–Kier alpha value is -3.13. The van der Waals surface area contributed by atoms with Crippen LogP contribution in [0.2, 0.25) is 5.02 Å². The molecule has 1 aromatic carbocycles. The maximum Gasteiger partial charge on any atom is 0.504 e. The Morgan fingerprint density at radius 3 is 2.44 bits per heavy atom. The summed E-state index contributed by atoms with van der Waals surface area (Å²) < 4.78 is 38.7. The molecular weight excluding hydrogens is 441 g/mol. The highest BCUT2D eigenvalue weighted by Gasteiger charge is 2.32. The topological polar surface area (TPSA) is 63.6 Å². The highest BCUT2D eigenvalue weighted by atomic mass is 35.5. The van der Waals surface area contributed by atoms with Crippen LogP contribution in [0.5, 0.6) is 0 Å². The molecule has 0 saturated heterocycles. The number of hydrogen-bond acceptors (Lipinski definition) is 3. The van der Waals surface area contributed by atoms with Crippen LogP contribution in [0, 0.1) is 6.92 Å². The van der Waals surface area contributed by atoms with Gasteiger partial charge in [-0.2, -0.15) is 9.78 Å². The number of halogens is 4. The number of fused-ring (bicyclic) bond motifs is 1. The van der Waals surface area contributed by atoms with Gasteiger partial charge >= 0.3 is 6.30 Å². The number of nitrogens with one attached hydrogen (secondary N) is 1. The van der Waals surface area contributed by atoms with Gasteiger partial charge in [0.15, 0.2) is 5.43 Å². The number of alkyl halides is 3. The van der Waals surface area contributed by atoms with E-state index in [9.17, 15) is 18.0 Å². The molecule has 1 N–H and O–H groups in total. The average molecular weight is 461 g/mol. The van der Waals surface area contributed by atoms with Crippen LogP contribution in [0.25, 0.3) is 33.5 Å². The quantitative estimate of drug-likeness (QED) is 0.388. The van der Waals surface area contributed by atoms with Gasteiger partial charge in [-0.05, 0) is 41.7 Å². The van der Waals surface area contributed by atoms with E-state index in [-0.39, 0.29) is 32.3 Å². The molecule has 0 radical (unpaired) electrons. The zero-order valence-corrected chi connectivity index (χ0v) is 18.6. The van der Waals surface area contributed by atoms with E-state index in [1.807, 2.05) is 19.1 Å². The summed E-state index contributed by atoms with van der Waals surface area (Å²) in [4.78, 5) is 20.4. The number of rotatable bonds is 2. The van der Waals surface area contributed by atoms with E-state index in [0.717, 1.165) is 22.9 Å². The van der Waals surface area contributed by atoms with Gasteiger partial charge in [0.1, 0.15) is 11.4 Å². The Morgan fingerprint density at radius 2 is 1.81 bits per heavy atom. The van der Waals surface area contributed by atoms with Crippen LogP contribution in [0.4, 0.5) is 13.2 Å². The molecule has 0 spiro atoms. The van der Waals surface area contributed by atoms with E-state index in [2.05, 4.69) is 35.8 Å². The third-order valence-corrected chi connectivity index (χ3v) is 5.56. The van der Waals surface area contributed by atoms with Gasteiger partial charge in [0, 0.05) is 29.0 Å². The number of aryl methyl sites for hydroxylation is 1. The lowest BCUT2D eigenvalue weighted by Crippen LogP contribution is -2.17. The van der Waals surface area contributed by atoms with Crippen LogP contribution in [0.1, 0.15) is 31.9 Å². The predicted molar refractivity (Wildman–Crippen MR) is 119 cm³/mol. The van der Waals surface area contributed by atoms with Crippen LogP contribution in [-0.2, 0) is 11.7 Å². The zero-order chi connectivity index (χ0) is 23.4. The number of benzene rings is 1. The van der Waals surface area contributed by atoms with Crippen LogP contribution >= 0.6 is 11.6 Å². The minimum atomic E-state index is -4.65. The summed E-state index contributed by atoms with van der Waals surface area (Å²) in [7, 11) is 0. The third kappa shape index (κ3) is 3.90. The fourth-order valence-electron chi connectivity index (χ4n) is 3.68. The van der Waals surface area contributed by atoms with Crippen LogP contribution < -0.4 is 5.43 Å². The second kappa shape index (κ2) is 7.48. The summed E-state index contributed by atoms with van der Waals surface area (Å²) in [6, 6.07) is 8.01. The molecule has 9 heteroatoms. The molecule has 0 amide bonds. The van der Waals surface area contributed by atoms with Gasteiger partial charge in [-0.1, -0.05) is 38.4 Å². The second-order valence-corrected chi connectivity index (χ2v) is 9.05. The van der Waals surface area contributed by atoms with E-state index in [1.54, 1.807) is 6.07 Å². The first kappa shape index (κ1) is 22.1. The third-order valence-electron chi connectivity index (χ3n) is 5.25. The van der Waals surface area contributed by atoms with Crippen molar-refractivity contribution in [3.05, 3.63) is 69.1 Å². The standard InChI is InChI=1S/C23H20ClF3N4O/c1-12-9-14(22(2,3)4)15(24)10-13(12)18-11-19(32)20-16(29-18)5-7-28-21(20)17-6-8-31(30-17)23(25,26)27/h5-11H,1-4H3,(H,29,32). The van der Waals surface area contributed by atoms with Gasteiger partial charge in [0.2, 0.25) is 0 Å². The number of H-pyrrole nitrogens is 1. The first-order chi connectivity index (χ1) is 14.9. The van der Waals surface area contributed by atoms with E-state index < -0.39 is 6.30 Å². The van der Waals surface area contributed by atoms with Gasteiger partial charge in [0.05, 0.1) is 16.6 Å². The Balaban J connectivity index is 1.88. The summed E-state index contributed by atoms with van der Waals surface area (Å²) in [6.45, 7) is 8.14. The minimum absolute atomic E-state index is 0.0417. The van der Waals surface area contributed by atoms with Gasteiger partial charge in [0.25, 0.3) is 0 Å². The number of pyridine rings is 2. The molecule has 166 valence electrons. The van der Waals surface area contributed by atoms with Crippen molar-refractivity contribution in [1.82, 2.24) is 19.7 Å². The number of nitrogens with zero attached hydrogens (tertiary/aromatic N) is 3. The maximum absolute atomic E-state index is 13.0. The maximum atomic E-state index is 13.0. The SMILES string of the molecule is Cc1cc(C(C)(C)C)c(Cl)cc1-c1cc(=O)c2c(-c3ccn(C(F)(F)F)n3)nccc2[nH]1. The smallest absolute Gasteiger partial charge is 0.354 e. The summed E-state index contributed by atoms with van der Waals surface area (Å²) in [5, 5.41) is 4.30. The molecule has 4 rings (SSSR count). The Kier molecular flexibility index (Phi) is 5.16. The van der Waals surface area contributed by atoms with E-state index in [1.165, 1.54) is 18.3 Å². The van der Waals surface area contributed by atoms with Crippen molar-refractivity contribution < 1.29 is 13.2 Å². The van der Waals surface area contributed by atoms with Gasteiger partial charge in [-0.25, -0.2) is 0 Å². The summed E-state index contributed by atoms with van der Waals surface area (Å²) in [5.41, 5.74) is 3.21. The summed E-state index contributed by atoms with van der Waals surface area (Å²) in [6.07, 6.45) is -2.44. The summed E-state index contributed by atoms with van der Waals surface area (Å²) in [5.74, 6) is 0. The predicted octanol–water partition coefficient (Wildman–Crippen LogP) is 6.19. The van der Waals surface area contributed by atoms with E-state index in [0.29, 0.717) is 16.2 Å². The van der Waals surface area contributed by atoms with Crippen molar-refractivity contribution in [3.8, 4) is 22.6 Å². The van der Waals surface area contributed by atoms with Crippen LogP contribution in [-0.4, -0.2) is 19.7 Å². The Labute approximate surface area is 186 Å². The lowest BCUT2D eigenvalue weighted by Gasteiger charge is -2.22. The van der Waals surface area contributed by atoms with Crippen molar-refractivity contribution >= 4 is 22.5 Å². The largest absolute Gasteiger partial charge is 0.504 e. The minimum Gasteiger partial charge on any atom is -0.354 e. The van der Waals surface area contributed by atoms with Gasteiger partial charge in [-0.3, -0.25) is 9.78 Å². The Morgan fingerprint density at radius 1 is 1.09 bits per heavy atom. The second-order valence-electron chi connectivity index (χ2n) is 8.64. The zero-order valence-electron chi connectivity index (χ0n) is 17.8. The van der Waals surface area contributed by atoms with E-state index in [4.69, 9.17) is 11.6 Å². The number of hydrogen-bond donors (Lipinski definition) is 1. The van der Waals surface area contributed by atoms with E-state index >= 15 is 0 Å². The van der Waals surface area contributed by atoms with Gasteiger partial charge < -0.3 is 4.98 Å². The fourth-order valence-corrected chi connectivity index (χ4v) is 4.12. The van der Waals surface area contributed by atoms with Crippen molar-refractivity contribution in [1.29, 1.82) is 0 Å². The lowest BCUT2D eigenvalue weighted by molar-refractivity contribution is -0.212. The molecule has 4 aromatic rings. The molecule has 0 aliphatic rings. The molecule has 5 nitrogen and oxygen atoms in total. The molecule has 3 heterocycles. The first-order valence-corrected chi connectivity index (χ1v) is 10.2. The van der Waals surface area contributed by atoms with Crippen molar-refractivity contribution in [3.63, 3.8) is 0 Å². The normalized spacial score (nSPS) is 12.5. The molecule has 0 saturated carbocycles. The molecular formula is C23H20ClF3N4O. The van der Waals surface area contributed by atoms with Crippen LogP contribution in [0.3, 0.4) is 0 Å². The molecule has 0 bridgehead atoms.